The highest BCUT2D eigenvalue weighted by Crippen LogP contribution is 2.27. The molecule has 0 saturated heterocycles. The van der Waals surface area contributed by atoms with Gasteiger partial charge in [0.2, 0.25) is 0 Å². The van der Waals surface area contributed by atoms with Crippen LogP contribution >= 0.6 is 11.3 Å². The first-order valence-corrected chi connectivity index (χ1v) is 8.98. The second-order valence-corrected chi connectivity index (χ2v) is 7.67. The fraction of sp³-hybridized carbons (Fsp3) is 0.692. The van der Waals surface area contributed by atoms with Crippen molar-refractivity contribution < 1.29 is 13.5 Å². The summed E-state index contributed by atoms with van der Waals surface area (Å²) in [5, 5.41) is 9.14. The van der Waals surface area contributed by atoms with Crippen molar-refractivity contribution in [2.75, 3.05) is 13.2 Å². The summed E-state index contributed by atoms with van der Waals surface area (Å²) in [7, 11) is -3.48. The molecule has 1 aromatic rings. The van der Waals surface area contributed by atoms with Crippen LogP contribution < -0.4 is 0 Å². The summed E-state index contributed by atoms with van der Waals surface area (Å²) >= 11 is 1.32. The summed E-state index contributed by atoms with van der Waals surface area (Å²) < 4.78 is 27.1. The van der Waals surface area contributed by atoms with Crippen LogP contribution in [0.5, 0.6) is 0 Å². The Hall–Kier alpha value is -0.430. The lowest BCUT2D eigenvalue weighted by Crippen LogP contribution is -2.41. The van der Waals surface area contributed by atoms with Crippen molar-refractivity contribution in [2.45, 2.75) is 50.3 Å². The Morgan fingerprint density at radius 3 is 2.32 bits per heavy atom. The highest BCUT2D eigenvalue weighted by Gasteiger charge is 2.30. The number of aliphatic hydroxyl groups excluding tert-OH is 1. The van der Waals surface area contributed by atoms with Gasteiger partial charge in [0, 0.05) is 17.5 Å². The molecular weight excluding hydrogens is 282 g/mol. The average molecular weight is 305 g/mol. The Kier molecular flexibility index (Phi) is 6.46. The molecule has 110 valence electrons. The Balaban J connectivity index is 3.11. The van der Waals surface area contributed by atoms with Crippen molar-refractivity contribution in [3.63, 3.8) is 0 Å². The lowest BCUT2D eigenvalue weighted by Gasteiger charge is -2.28. The molecule has 0 atom stereocenters. The third-order valence-electron chi connectivity index (χ3n) is 3.22. The normalized spacial score (nSPS) is 12.5. The third-order valence-corrected chi connectivity index (χ3v) is 6.87. The Bertz CT molecular complexity index is 478. The van der Waals surface area contributed by atoms with E-state index in [0.717, 1.165) is 24.1 Å². The van der Waals surface area contributed by atoms with Crippen LogP contribution in [0.3, 0.4) is 0 Å². The van der Waals surface area contributed by atoms with Crippen LogP contribution in [0.25, 0.3) is 0 Å². The molecule has 1 heterocycles. The van der Waals surface area contributed by atoms with Gasteiger partial charge in [-0.15, -0.1) is 11.3 Å². The molecule has 0 radical (unpaired) electrons. The summed E-state index contributed by atoms with van der Waals surface area (Å²) in [6.45, 7) is 5.96. The highest BCUT2D eigenvalue weighted by atomic mass is 32.2. The molecule has 0 amide bonds. The summed E-state index contributed by atoms with van der Waals surface area (Å²) in [6.07, 6.45) is 2.34. The number of aryl methyl sites for hydroxylation is 1. The number of thiophene rings is 1. The highest BCUT2D eigenvalue weighted by molar-refractivity contribution is 7.91. The lowest BCUT2D eigenvalue weighted by molar-refractivity contribution is 0.220. The Morgan fingerprint density at radius 1 is 1.26 bits per heavy atom. The van der Waals surface area contributed by atoms with E-state index in [0.29, 0.717) is 4.21 Å². The molecule has 0 aliphatic heterocycles. The standard InChI is InChI=1S/C13H23NO3S2/c1-4-11(5-2)14(9-10-15)19(16,17)13-8-7-12(6-3)18-13/h7-8,11,15H,4-6,9-10H2,1-3H3. The molecule has 0 saturated carbocycles. The maximum absolute atomic E-state index is 12.6. The van der Waals surface area contributed by atoms with Crippen LogP contribution in [0.1, 0.15) is 38.5 Å². The lowest BCUT2D eigenvalue weighted by atomic mass is 10.2. The van der Waals surface area contributed by atoms with E-state index in [2.05, 4.69) is 0 Å². The van der Waals surface area contributed by atoms with Gasteiger partial charge in [0.15, 0.2) is 0 Å². The summed E-state index contributed by atoms with van der Waals surface area (Å²) in [5.74, 6) is 0. The number of sulfonamides is 1. The number of rotatable bonds is 8. The van der Waals surface area contributed by atoms with Crippen LogP contribution in [0.15, 0.2) is 16.3 Å². The second-order valence-electron chi connectivity index (χ2n) is 4.38. The molecule has 0 bridgehead atoms. The van der Waals surface area contributed by atoms with Gasteiger partial charge in [0.25, 0.3) is 10.0 Å². The minimum absolute atomic E-state index is 0.0515. The van der Waals surface area contributed by atoms with E-state index in [4.69, 9.17) is 5.11 Å². The molecule has 1 N–H and O–H groups in total. The van der Waals surface area contributed by atoms with Crippen LogP contribution in [-0.4, -0.2) is 37.0 Å². The molecule has 0 aromatic carbocycles. The zero-order valence-electron chi connectivity index (χ0n) is 11.8. The average Bonchev–Trinajstić information content (AvgIpc) is 2.88. The zero-order chi connectivity index (χ0) is 14.5. The van der Waals surface area contributed by atoms with Gasteiger partial charge in [-0.25, -0.2) is 8.42 Å². The number of hydrogen-bond acceptors (Lipinski definition) is 4. The maximum atomic E-state index is 12.6. The first-order valence-electron chi connectivity index (χ1n) is 6.72. The SMILES string of the molecule is CCc1ccc(S(=O)(=O)N(CCO)C(CC)CC)s1. The van der Waals surface area contributed by atoms with E-state index < -0.39 is 10.0 Å². The van der Waals surface area contributed by atoms with E-state index >= 15 is 0 Å². The first-order chi connectivity index (χ1) is 9.01. The summed E-state index contributed by atoms with van der Waals surface area (Å²) in [5.41, 5.74) is 0. The van der Waals surface area contributed by atoms with Gasteiger partial charge in [-0.1, -0.05) is 20.8 Å². The molecule has 1 rings (SSSR count). The van der Waals surface area contributed by atoms with Crippen LogP contribution in [-0.2, 0) is 16.4 Å². The van der Waals surface area contributed by atoms with Gasteiger partial charge >= 0.3 is 0 Å². The minimum Gasteiger partial charge on any atom is -0.395 e. The number of nitrogens with zero attached hydrogens (tertiary/aromatic N) is 1. The molecule has 0 aliphatic rings. The fourth-order valence-electron chi connectivity index (χ4n) is 2.10. The molecule has 0 unspecified atom stereocenters. The predicted molar refractivity (Wildman–Crippen MR) is 79.0 cm³/mol. The van der Waals surface area contributed by atoms with Crippen LogP contribution in [0, 0.1) is 0 Å². The van der Waals surface area contributed by atoms with Gasteiger partial charge in [-0.3, -0.25) is 0 Å². The van der Waals surface area contributed by atoms with Crippen molar-refractivity contribution in [2.24, 2.45) is 0 Å². The second kappa shape index (κ2) is 7.38. The van der Waals surface area contributed by atoms with Gasteiger partial charge in [0.05, 0.1) is 6.61 Å². The first kappa shape index (κ1) is 16.6. The molecule has 1 aromatic heterocycles. The Morgan fingerprint density at radius 2 is 1.89 bits per heavy atom. The van der Waals surface area contributed by atoms with Gasteiger partial charge in [-0.05, 0) is 31.4 Å². The van der Waals surface area contributed by atoms with Crippen LogP contribution in [0.2, 0.25) is 0 Å². The monoisotopic (exact) mass is 305 g/mol. The molecule has 0 aliphatic carbocycles. The quantitative estimate of drug-likeness (QED) is 0.803. The molecule has 6 heteroatoms. The predicted octanol–water partition coefficient (Wildman–Crippen LogP) is 2.48. The molecule has 0 spiro atoms. The Labute approximate surface area is 120 Å². The summed E-state index contributed by atoms with van der Waals surface area (Å²) in [6, 6.07) is 3.48. The van der Waals surface area contributed by atoms with Gasteiger partial charge < -0.3 is 5.11 Å². The largest absolute Gasteiger partial charge is 0.395 e. The van der Waals surface area contributed by atoms with E-state index in [1.54, 1.807) is 6.07 Å². The van der Waals surface area contributed by atoms with Crippen molar-refractivity contribution in [3.05, 3.63) is 17.0 Å². The molecule has 19 heavy (non-hydrogen) atoms. The maximum Gasteiger partial charge on any atom is 0.252 e. The van der Waals surface area contributed by atoms with E-state index in [9.17, 15) is 8.42 Å². The zero-order valence-corrected chi connectivity index (χ0v) is 13.4. The fourth-order valence-corrected chi connectivity index (χ4v) is 5.28. The van der Waals surface area contributed by atoms with E-state index in [1.165, 1.54) is 15.6 Å². The summed E-state index contributed by atoms with van der Waals surface area (Å²) in [4.78, 5) is 1.06. The third kappa shape index (κ3) is 3.78. The topological polar surface area (TPSA) is 57.6 Å². The van der Waals surface area contributed by atoms with E-state index in [1.807, 2.05) is 26.8 Å². The van der Waals surface area contributed by atoms with Crippen molar-refractivity contribution in [1.82, 2.24) is 4.31 Å². The van der Waals surface area contributed by atoms with Crippen molar-refractivity contribution in [3.8, 4) is 0 Å². The number of aliphatic hydroxyl groups is 1. The smallest absolute Gasteiger partial charge is 0.252 e. The molecule has 0 fully saturated rings. The van der Waals surface area contributed by atoms with Crippen molar-refractivity contribution in [1.29, 1.82) is 0 Å². The minimum atomic E-state index is -3.48. The van der Waals surface area contributed by atoms with Crippen LogP contribution in [0.4, 0.5) is 0 Å². The molecule has 4 nitrogen and oxygen atoms in total. The van der Waals surface area contributed by atoms with Crippen molar-refractivity contribution >= 4 is 21.4 Å². The van der Waals surface area contributed by atoms with Gasteiger partial charge in [-0.2, -0.15) is 4.31 Å². The number of hydrogen-bond donors (Lipinski definition) is 1. The van der Waals surface area contributed by atoms with Gasteiger partial charge in [0.1, 0.15) is 4.21 Å². The van der Waals surface area contributed by atoms with E-state index in [-0.39, 0.29) is 19.2 Å². The molecular formula is C13H23NO3S2.